The number of piperazine rings is 1. The maximum absolute atomic E-state index is 13.1. The van der Waals surface area contributed by atoms with Crippen LogP contribution >= 0.6 is 11.6 Å². The first kappa shape index (κ1) is 22.2. The van der Waals surface area contributed by atoms with Gasteiger partial charge < -0.3 is 19.3 Å². The topological polar surface area (TPSA) is 42.0 Å². The molecule has 1 fully saturated rings. The average Bonchev–Trinajstić information content (AvgIpc) is 2.74. The molecule has 1 aliphatic heterocycles. The van der Waals surface area contributed by atoms with Crippen LogP contribution in [0.1, 0.15) is 30.6 Å². The highest BCUT2D eigenvalue weighted by molar-refractivity contribution is 6.32. The number of anilines is 1. The van der Waals surface area contributed by atoms with Crippen LogP contribution in [0.2, 0.25) is 5.02 Å². The second kappa shape index (κ2) is 10.0. The van der Waals surface area contributed by atoms with E-state index in [1.165, 1.54) is 19.2 Å². The van der Waals surface area contributed by atoms with Crippen LogP contribution in [0.15, 0.2) is 36.4 Å². The van der Waals surface area contributed by atoms with E-state index in [0.717, 1.165) is 12.1 Å². The summed E-state index contributed by atoms with van der Waals surface area (Å²) in [7, 11) is 1.54. The SMILES string of the molecule is COc1cc(C(=O)N2CCN(c3ccc(F)cc3)CC2)cc(Cl)c1OCCC(C)C. The molecule has 1 saturated heterocycles. The number of halogens is 2. The number of hydrogen-bond acceptors (Lipinski definition) is 4. The highest BCUT2D eigenvalue weighted by atomic mass is 35.5. The number of carbonyl (C=O) groups is 1. The Bertz CT molecular complexity index is 865. The molecule has 2 aromatic carbocycles. The largest absolute Gasteiger partial charge is 0.493 e. The Morgan fingerprint density at radius 1 is 1.13 bits per heavy atom. The highest BCUT2D eigenvalue weighted by Crippen LogP contribution is 2.37. The summed E-state index contributed by atoms with van der Waals surface area (Å²) in [5.74, 6) is 1.10. The lowest BCUT2D eigenvalue weighted by molar-refractivity contribution is 0.0746. The first-order valence-electron chi connectivity index (χ1n) is 10.2. The Morgan fingerprint density at radius 2 is 1.80 bits per heavy atom. The quantitative estimate of drug-likeness (QED) is 0.623. The minimum absolute atomic E-state index is 0.0947. The Hall–Kier alpha value is -2.47. The second-order valence-electron chi connectivity index (χ2n) is 7.78. The van der Waals surface area contributed by atoms with E-state index in [9.17, 15) is 9.18 Å². The maximum Gasteiger partial charge on any atom is 0.254 e. The van der Waals surface area contributed by atoms with E-state index in [2.05, 4.69) is 18.7 Å². The lowest BCUT2D eigenvalue weighted by Crippen LogP contribution is -2.48. The molecule has 0 radical (unpaired) electrons. The number of benzene rings is 2. The Balaban J connectivity index is 1.66. The molecule has 0 spiro atoms. The molecule has 0 bridgehead atoms. The summed E-state index contributed by atoms with van der Waals surface area (Å²) in [6.07, 6.45) is 0.901. The van der Waals surface area contributed by atoms with Crippen molar-refractivity contribution < 1.29 is 18.7 Å². The normalized spacial score (nSPS) is 14.2. The van der Waals surface area contributed by atoms with Gasteiger partial charge in [0.25, 0.3) is 5.91 Å². The van der Waals surface area contributed by atoms with Gasteiger partial charge in [-0.2, -0.15) is 0 Å². The Morgan fingerprint density at radius 3 is 2.40 bits per heavy atom. The molecule has 0 atom stereocenters. The third-order valence-corrected chi connectivity index (χ3v) is 5.46. The zero-order chi connectivity index (χ0) is 21.7. The van der Waals surface area contributed by atoms with Crippen molar-refractivity contribution >= 4 is 23.2 Å². The lowest BCUT2D eigenvalue weighted by atomic mass is 10.1. The molecule has 0 aliphatic carbocycles. The average molecular weight is 435 g/mol. The van der Waals surface area contributed by atoms with Gasteiger partial charge in [0, 0.05) is 37.4 Å². The van der Waals surface area contributed by atoms with Gasteiger partial charge in [0.1, 0.15) is 5.82 Å². The third-order valence-electron chi connectivity index (χ3n) is 5.18. The van der Waals surface area contributed by atoms with E-state index in [4.69, 9.17) is 21.1 Å². The molecule has 1 aliphatic rings. The number of rotatable bonds is 7. The molecule has 162 valence electrons. The Labute approximate surface area is 182 Å². The summed E-state index contributed by atoms with van der Waals surface area (Å²) in [6, 6.07) is 9.75. The molecule has 0 unspecified atom stereocenters. The summed E-state index contributed by atoms with van der Waals surface area (Å²) < 4.78 is 24.4. The highest BCUT2D eigenvalue weighted by Gasteiger charge is 2.24. The molecule has 30 heavy (non-hydrogen) atoms. The molecule has 0 aromatic heterocycles. The number of amides is 1. The maximum atomic E-state index is 13.1. The summed E-state index contributed by atoms with van der Waals surface area (Å²) in [5, 5.41) is 0.367. The van der Waals surface area contributed by atoms with Crippen molar-refractivity contribution in [1.82, 2.24) is 4.90 Å². The van der Waals surface area contributed by atoms with Gasteiger partial charge in [-0.3, -0.25) is 4.79 Å². The number of methoxy groups -OCH3 is 1. The molecule has 5 nitrogen and oxygen atoms in total. The van der Waals surface area contributed by atoms with Gasteiger partial charge in [-0.25, -0.2) is 4.39 Å². The van der Waals surface area contributed by atoms with Crippen molar-refractivity contribution in [2.45, 2.75) is 20.3 Å². The van der Waals surface area contributed by atoms with Gasteiger partial charge in [-0.1, -0.05) is 25.4 Å². The Kier molecular flexibility index (Phi) is 7.43. The molecule has 1 amide bonds. The van der Waals surface area contributed by atoms with E-state index in [-0.39, 0.29) is 11.7 Å². The van der Waals surface area contributed by atoms with Crippen molar-refractivity contribution in [2.75, 3.05) is 44.8 Å². The van der Waals surface area contributed by atoms with Crippen molar-refractivity contribution in [3.63, 3.8) is 0 Å². The van der Waals surface area contributed by atoms with E-state index in [1.54, 1.807) is 29.2 Å². The van der Waals surface area contributed by atoms with Crippen molar-refractivity contribution in [3.8, 4) is 11.5 Å². The van der Waals surface area contributed by atoms with Crippen LogP contribution < -0.4 is 14.4 Å². The van der Waals surface area contributed by atoms with Gasteiger partial charge in [0.15, 0.2) is 11.5 Å². The van der Waals surface area contributed by atoms with Crippen LogP contribution in [-0.2, 0) is 0 Å². The zero-order valence-corrected chi connectivity index (χ0v) is 18.4. The lowest BCUT2D eigenvalue weighted by Gasteiger charge is -2.36. The van der Waals surface area contributed by atoms with Crippen molar-refractivity contribution in [2.24, 2.45) is 5.92 Å². The van der Waals surface area contributed by atoms with Crippen molar-refractivity contribution in [3.05, 3.63) is 52.8 Å². The molecule has 3 rings (SSSR count). The molecule has 1 heterocycles. The number of nitrogens with zero attached hydrogens (tertiary/aromatic N) is 2. The summed E-state index contributed by atoms with van der Waals surface area (Å²) in [4.78, 5) is 17.0. The van der Waals surface area contributed by atoms with Gasteiger partial charge in [-0.05, 0) is 48.7 Å². The third kappa shape index (κ3) is 5.36. The first-order valence-corrected chi connectivity index (χ1v) is 10.6. The monoisotopic (exact) mass is 434 g/mol. The standard InChI is InChI=1S/C23H28ClFN2O3/c1-16(2)8-13-30-22-20(24)14-17(15-21(22)29-3)23(28)27-11-9-26(10-12-27)19-6-4-18(25)5-7-19/h4-7,14-16H,8-13H2,1-3H3. The van der Waals surface area contributed by atoms with Crippen LogP contribution in [0, 0.1) is 11.7 Å². The summed E-state index contributed by atoms with van der Waals surface area (Å²) in [6.45, 7) is 7.29. The minimum Gasteiger partial charge on any atom is -0.493 e. The smallest absolute Gasteiger partial charge is 0.254 e. The first-order chi connectivity index (χ1) is 14.4. The number of ether oxygens (including phenoxy) is 2. The molecule has 7 heteroatoms. The number of carbonyl (C=O) groups excluding carboxylic acids is 1. The van der Waals surface area contributed by atoms with Crippen LogP contribution in [-0.4, -0.2) is 50.7 Å². The van der Waals surface area contributed by atoms with Gasteiger partial charge in [0.2, 0.25) is 0 Å². The molecule has 0 saturated carbocycles. The van der Waals surface area contributed by atoms with Crippen LogP contribution in [0.4, 0.5) is 10.1 Å². The fourth-order valence-corrected chi connectivity index (χ4v) is 3.65. The summed E-state index contributed by atoms with van der Waals surface area (Å²) in [5.41, 5.74) is 1.43. The van der Waals surface area contributed by atoms with Crippen LogP contribution in [0.3, 0.4) is 0 Å². The summed E-state index contributed by atoms with van der Waals surface area (Å²) >= 11 is 6.41. The van der Waals surface area contributed by atoms with Crippen molar-refractivity contribution in [1.29, 1.82) is 0 Å². The predicted octanol–water partition coefficient (Wildman–Crippen LogP) is 4.88. The van der Waals surface area contributed by atoms with Gasteiger partial charge >= 0.3 is 0 Å². The number of hydrogen-bond donors (Lipinski definition) is 0. The molecular formula is C23H28ClFN2O3. The minimum atomic E-state index is -0.255. The van der Waals surface area contributed by atoms with Crippen LogP contribution in [0.25, 0.3) is 0 Å². The fraction of sp³-hybridized carbons (Fsp3) is 0.435. The van der Waals surface area contributed by atoms with E-state index in [0.29, 0.717) is 60.8 Å². The second-order valence-corrected chi connectivity index (χ2v) is 8.18. The van der Waals surface area contributed by atoms with Gasteiger partial charge in [0.05, 0.1) is 18.7 Å². The molecule has 2 aromatic rings. The van der Waals surface area contributed by atoms with E-state index in [1.807, 2.05) is 0 Å². The molecular weight excluding hydrogens is 407 g/mol. The molecule has 0 N–H and O–H groups in total. The van der Waals surface area contributed by atoms with E-state index < -0.39 is 0 Å². The van der Waals surface area contributed by atoms with Gasteiger partial charge in [-0.15, -0.1) is 0 Å². The van der Waals surface area contributed by atoms with E-state index >= 15 is 0 Å². The predicted molar refractivity (Wildman–Crippen MR) is 117 cm³/mol. The zero-order valence-electron chi connectivity index (χ0n) is 17.7. The fourth-order valence-electron chi connectivity index (χ4n) is 3.38. The van der Waals surface area contributed by atoms with Crippen LogP contribution in [0.5, 0.6) is 11.5 Å².